The van der Waals surface area contributed by atoms with Gasteiger partial charge in [-0.05, 0) is 84.3 Å². The molecule has 166 valence electrons. The van der Waals surface area contributed by atoms with Gasteiger partial charge in [-0.3, -0.25) is 4.79 Å². The molecule has 1 aliphatic carbocycles. The minimum absolute atomic E-state index is 0.0897. The number of amides is 1. The Balaban J connectivity index is 1.42. The Morgan fingerprint density at radius 2 is 1.79 bits per heavy atom. The number of halogens is 1. The molecule has 1 N–H and O–H groups in total. The zero-order valence-corrected chi connectivity index (χ0v) is 19.5. The van der Waals surface area contributed by atoms with E-state index in [0.717, 1.165) is 24.1 Å². The van der Waals surface area contributed by atoms with Gasteiger partial charge < -0.3 is 9.88 Å². The van der Waals surface area contributed by atoms with E-state index in [1.54, 1.807) is 0 Å². The van der Waals surface area contributed by atoms with Crippen molar-refractivity contribution >= 4 is 17.5 Å². The highest BCUT2D eigenvalue weighted by molar-refractivity contribution is 6.30. The van der Waals surface area contributed by atoms with Crippen molar-refractivity contribution in [2.24, 2.45) is 5.92 Å². The summed E-state index contributed by atoms with van der Waals surface area (Å²) in [5.74, 6) is 0.621. The second kappa shape index (κ2) is 9.29. The van der Waals surface area contributed by atoms with Gasteiger partial charge >= 0.3 is 0 Å². The van der Waals surface area contributed by atoms with Crippen LogP contribution in [0.25, 0.3) is 16.9 Å². The third-order valence-electron chi connectivity index (χ3n) is 6.43. The van der Waals surface area contributed by atoms with Crippen LogP contribution in [0.2, 0.25) is 5.02 Å². The van der Waals surface area contributed by atoms with Crippen molar-refractivity contribution in [1.29, 1.82) is 0 Å². The summed E-state index contributed by atoms with van der Waals surface area (Å²) >= 11 is 6.04. The first-order chi connectivity index (χ1) is 16.1. The second-order valence-electron chi connectivity index (χ2n) is 8.91. The Bertz CT molecular complexity index is 1270. The van der Waals surface area contributed by atoms with Crippen LogP contribution in [-0.2, 0) is 19.4 Å². The zero-order chi connectivity index (χ0) is 22.8. The predicted octanol–water partition coefficient (Wildman–Crippen LogP) is 6.85. The molecule has 1 aromatic heterocycles. The van der Waals surface area contributed by atoms with Crippen LogP contribution in [0.4, 0.5) is 0 Å². The van der Waals surface area contributed by atoms with E-state index in [0.29, 0.717) is 23.0 Å². The maximum atomic E-state index is 12.7. The molecule has 1 unspecified atom stereocenters. The summed E-state index contributed by atoms with van der Waals surface area (Å²) in [4.78, 5) is 12.7. The number of carbonyl (C=O) groups excluding carboxylic acids is 1. The molecular formula is C29H27ClN2O. The first-order valence-electron chi connectivity index (χ1n) is 11.5. The fraction of sp³-hybridized carbons (Fsp3) is 0.207. The van der Waals surface area contributed by atoms with Gasteiger partial charge in [0.05, 0.1) is 5.69 Å². The average molecular weight is 455 g/mol. The highest BCUT2D eigenvalue weighted by atomic mass is 35.5. The van der Waals surface area contributed by atoms with Crippen LogP contribution in [0, 0.1) is 5.92 Å². The SMILES string of the molecule is CC1CCc2c(cc(-c3ccccc3)n2-c2ccc(C(=O)NCc3cccc(Cl)c3)cc2)C1. The van der Waals surface area contributed by atoms with Crippen molar-refractivity contribution in [1.82, 2.24) is 9.88 Å². The maximum absolute atomic E-state index is 12.7. The number of fused-ring (bicyclic) bond motifs is 1. The van der Waals surface area contributed by atoms with Gasteiger partial charge in [0.15, 0.2) is 0 Å². The molecule has 1 aliphatic rings. The van der Waals surface area contributed by atoms with E-state index < -0.39 is 0 Å². The summed E-state index contributed by atoms with van der Waals surface area (Å²) < 4.78 is 2.38. The van der Waals surface area contributed by atoms with Crippen LogP contribution >= 0.6 is 11.6 Å². The van der Waals surface area contributed by atoms with E-state index in [4.69, 9.17) is 11.6 Å². The van der Waals surface area contributed by atoms with E-state index in [2.05, 4.69) is 65.3 Å². The monoisotopic (exact) mass is 454 g/mol. The summed E-state index contributed by atoms with van der Waals surface area (Å²) in [6.45, 7) is 2.78. The molecule has 0 bridgehead atoms. The third-order valence-corrected chi connectivity index (χ3v) is 6.67. The smallest absolute Gasteiger partial charge is 0.251 e. The van der Waals surface area contributed by atoms with Gasteiger partial charge in [0, 0.05) is 28.5 Å². The van der Waals surface area contributed by atoms with Gasteiger partial charge in [0.25, 0.3) is 5.91 Å². The molecule has 0 fully saturated rings. The van der Waals surface area contributed by atoms with Crippen molar-refractivity contribution in [2.75, 3.05) is 0 Å². The highest BCUT2D eigenvalue weighted by Crippen LogP contribution is 2.35. The zero-order valence-electron chi connectivity index (χ0n) is 18.7. The molecule has 4 heteroatoms. The van der Waals surface area contributed by atoms with E-state index in [1.807, 2.05) is 36.4 Å². The first kappa shape index (κ1) is 21.5. The fourth-order valence-corrected chi connectivity index (χ4v) is 4.93. The molecule has 1 amide bonds. The van der Waals surface area contributed by atoms with Crippen molar-refractivity contribution < 1.29 is 4.79 Å². The lowest BCUT2D eigenvalue weighted by molar-refractivity contribution is 0.0951. The van der Waals surface area contributed by atoms with Crippen LogP contribution in [-0.4, -0.2) is 10.5 Å². The summed E-state index contributed by atoms with van der Waals surface area (Å²) in [7, 11) is 0. The molecule has 0 radical (unpaired) electrons. The molecular weight excluding hydrogens is 428 g/mol. The van der Waals surface area contributed by atoms with Gasteiger partial charge in [-0.1, -0.05) is 61.0 Å². The molecule has 3 aromatic carbocycles. The Morgan fingerprint density at radius 3 is 2.55 bits per heavy atom. The lowest BCUT2D eigenvalue weighted by Gasteiger charge is -2.21. The number of nitrogens with one attached hydrogen (secondary N) is 1. The molecule has 0 spiro atoms. The van der Waals surface area contributed by atoms with Crippen molar-refractivity contribution in [3.8, 4) is 16.9 Å². The fourth-order valence-electron chi connectivity index (χ4n) is 4.72. The van der Waals surface area contributed by atoms with Crippen LogP contribution in [0.3, 0.4) is 0 Å². The van der Waals surface area contributed by atoms with E-state index in [1.165, 1.54) is 28.9 Å². The predicted molar refractivity (Wildman–Crippen MR) is 135 cm³/mol. The van der Waals surface area contributed by atoms with Crippen LogP contribution in [0.1, 0.15) is 40.5 Å². The third kappa shape index (κ3) is 4.60. The van der Waals surface area contributed by atoms with Gasteiger partial charge in [0.2, 0.25) is 0 Å². The highest BCUT2D eigenvalue weighted by Gasteiger charge is 2.23. The number of aromatic nitrogens is 1. The lowest BCUT2D eigenvalue weighted by atomic mass is 9.89. The summed E-state index contributed by atoms with van der Waals surface area (Å²) in [5, 5.41) is 3.66. The Kier molecular flexibility index (Phi) is 6.06. The summed E-state index contributed by atoms with van der Waals surface area (Å²) in [6.07, 6.45) is 3.40. The van der Waals surface area contributed by atoms with Gasteiger partial charge in [-0.25, -0.2) is 0 Å². The number of hydrogen-bond acceptors (Lipinski definition) is 1. The summed E-state index contributed by atoms with van der Waals surface area (Å²) in [6, 6.07) is 28.4. The Hall–Kier alpha value is -3.30. The van der Waals surface area contributed by atoms with Crippen molar-refractivity contribution in [3.05, 3.63) is 112 Å². The van der Waals surface area contributed by atoms with E-state index in [9.17, 15) is 4.79 Å². The quantitative estimate of drug-likeness (QED) is 0.351. The van der Waals surface area contributed by atoms with Gasteiger partial charge in [-0.15, -0.1) is 0 Å². The molecule has 1 atom stereocenters. The normalized spacial score (nSPS) is 15.2. The number of nitrogens with zero attached hydrogens (tertiary/aromatic N) is 1. The lowest BCUT2D eigenvalue weighted by Crippen LogP contribution is -2.22. The number of carbonyl (C=O) groups is 1. The van der Waals surface area contributed by atoms with Crippen LogP contribution in [0.15, 0.2) is 84.9 Å². The van der Waals surface area contributed by atoms with Crippen molar-refractivity contribution in [2.45, 2.75) is 32.7 Å². The van der Waals surface area contributed by atoms with Gasteiger partial charge in [-0.2, -0.15) is 0 Å². The molecule has 4 aromatic rings. The summed E-state index contributed by atoms with van der Waals surface area (Å²) in [5.41, 5.74) is 7.98. The number of hydrogen-bond donors (Lipinski definition) is 1. The van der Waals surface area contributed by atoms with E-state index in [-0.39, 0.29) is 5.91 Å². The number of rotatable bonds is 5. The largest absolute Gasteiger partial charge is 0.348 e. The van der Waals surface area contributed by atoms with E-state index >= 15 is 0 Å². The molecule has 0 saturated carbocycles. The standard InChI is InChI=1S/C29H27ClN2O/c1-20-10-15-27-24(16-20)18-28(22-7-3-2-4-8-22)32(27)26-13-11-23(12-14-26)29(33)31-19-21-6-5-9-25(30)17-21/h2-9,11-14,17-18,20H,10,15-16,19H2,1H3,(H,31,33). The van der Waals surface area contributed by atoms with Crippen molar-refractivity contribution in [3.63, 3.8) is 0 Å². The van der Waals surface area contributed by atoms with Gasteiger partial charge in [0.1, 0.15) is 0 Å². The molecule has 3 nitrogen and oxygen atoms in total. The molecule has 0 aliphatic heterocycles. The Labute approximate surface area is 200 Å². The number of benzene rings is 3. The molecule has 1 heterocycles. The van der Waals surface area contributed by atoms with Crippen LogP contribution in [0.5, 0.6) is 0 Å². The Morgan fingerprint density at radius 1 is 1.00 bits per heavy atom. The molecule has 0 saturated heterocycles. The maximum Gasteiger partial charge on any atom is 0.251 e. The second-order valence-corrected chi connectivity index (χ2v) is 9.35. The topological polar surface area (TPSA) is 34.0 Å². The minimum atomic E-state index is -0.0897. The average Bonchev–Trinajstić information content (AvgIpc) is 3.22. The van der Waals surface area contributed by atoms with Crippen LogP contribution < -0.4 is 5.32 Å². The minimum Gasteiger partial charge on any atom is -0.348 e. The molecule has 5 rings (SSSR count). The first-order valence-corrected chi connectivity index (χ1v) is 11.9. The molecule has 33 heavy (non-hydrogen) atoms.